The summed E-state index contributed by atoms with van der Waals surface area (Å²) < 4.78 is 0. The van der Waals surface area contributed by atoms with Crippen LogP contribution in [0.15, 0.2) is 42.7 Å². The minimum absolute atomic E-state index is 0.0693. The zero-order valence-electron chi connectivity index (χ0n) is 11.4. The molecule has 0 radical (unpaired) electrons. The Labute approximate surface area is 118 Å². The second-order valence-electron chi connectivity index (χ2n) is 4.54. The predicted molar refractivity (Wildman–Crippen MR) is 79.3 cm³/mol. The third kappa shape index (κ3) is 3.55. The van der Waals surface area contributed by atoms with Crippen molar-refractivity contribution >= 4 is 11.6 Å². The Morgan fingerprint density at radius 1 is 1.25 bits per heavy atom. The highest BCUT2D eigenvalue weighted by atomic mass is 16.1. The highest BCUT2D eigenvalue weighted by Gasteiger charge is 2.08. The van der Waals surface area contributed by atoms with Crippen LogP contribution in [0.5, 0.6) is 0 Å². The number of aromatic nitrogens is 1. The average molecular weight is 270 g/mol. The molecule has 0 aliphatic heterocycles. The second kappa shape index (κ2) is 6.68. The quantitative estimate of drug-likeness (QED) is 0.570. The number of hydrazine groups is 1. The van der Waals surface area contributed by atoms with E-state index >= 15 is 0 Å². The molecule has 0 saturated carbocycles. The summed E-state index contributed by atoms with van der Waals surface area (Å²) in [4.78, 5) is 16.0. The highest BCUT2D eigenvalue weighted by Crippen LogP contribution is 2.14. The molecule has 0 fully saturated rings. The molecule has 2 rings (SSSR count). The summed E-state index contributed by atoms with van der Waals surface area (Å²) in [6.07, 6.45) is 4.29. The van der Waals surface area contributed by atoms with E-state index in [-0.39, 0.29) is 5.91 Å². The van der Waals surface area contributed by atoms with Gasteiger partial charge in [0.25, 0.3) is 5.91 Å². The number of benzene rings is 1. The molecule has 0 bridgehead atoms. The summed E-state index contributed by atoms with van der Waals surface area (Å²) in [5.41, 5.74) is 6.06. The lowest BCUT2D eigenvalue weighted by Crippen LogP contribution is -2.26. The minimum atomic E-state index is -0.0693. The van der Waals surface area contributed by atoms with Crippen LogP contribution in [0.3, 0.4) is 0 Å². The Morgan fingerprint density at radius 3 is 2.65 bits per heavy atom. The molecule has 2 aromatic rings. The topological polar surface area (TPSA) is 80.0 Å². The van der Waals surface area contributed by atoms with Crippen LogP contribution in [0.25, 0.3) is 0 Å². The lowest BCUT2D eigenvalue weighted by Gasteiger charge is -2.09. The van der Waals surface area contributed by atoms with Crippen molar-refractivity contribution < 1.29 is 4.79 Å². The number of aryl methyl sites for hydroxylation is 1. The van der Waals surface area contributed by atoms with E-state index in [0.717, 1.165) is 23.2 Å². The van der Waals surface area contributed by atoms with Crippen LogP contribution in [0.1, 0.15) is 21.5 Å². The summed E-state index contributed by atoms with van der Waals surface area (Å²) in [7, 11) is 0. The maximum atomic E-state index is 12.1. The number of rotatable bonds is 5. The van der Waals surface area contributed by atoms with E-state index in [2.05, 4.69) is 15.7 Å². The zero-order valence-corrected chi connectivity index (χ0v) is 11.4. The van der Waals surface area contributed by atoms with E-state index in [1.165, 1.54) is 0 Å². The van der Waals surface area contributed by atoms with Crippen molar-refractivity contribution in [3.8, 4) is 0 Å². The van der Waals surface area contributed by atoms with Crippen molar-refractivity contribution in [1.29, 1.82) is 0 Å². The molecule has 20 heavy (non-hydrogen) atoms. The molecular formula is C15H18N4O. The van der Waals surface area contributed by atoms with Gasteiger partial charge in [0.05, 0.1) is 0 Å². The molecule has 5 heteroatoms. The molecule has 0 atom stereocenters. The summed E-state index contributed by atoms with van der Waals surface area (Å²) in [5.74, 6) is 5.26. The van der Waals surface area contributed by atoms with Gasteiger partial charge in [-0.3, -0.25) is 15.6 Å². The van der Waals surface area contributed by atoms with Gasteiger partial charge < -0.3 is 10.7 Å². The fourth-order valence-corrected chi connectivity index (χ4v) is 1.97. The van der Waals surface area contributed by atoms with Gasteiger partial charge in [-0.1, -0.05) is 0 Å². The fraction of sp³-hybridized carbons (Fsp3) is 0.200. The second-order valence-corrected chi connectivity index (χ2v) is 4.54. The van der Waals surface area contributed by atoms with Gasteiger partial charge in [-0.25, -0.2) is 0 Å². The third-order valence-corrected chi connectivity index (χ3v) is 3.09. The number of carbonyl (C=O) groups is 1. The normalized spacial score (nSPS) is 10.1. The van der Waals surface area contributed by atoms with E-state index in [1.807, 2.05) is 25.1 Å². The maximum Gasteiger partial charge on any atom is 0.251 e. The SMILES string of the molecule is Cc1cc(NN)ccc1C(=O)NCCc1ccncc1. The molecule has 1 heterocycles. The number of nitrogens with one attached hydrogen (secondary N) is 2. The monoisotopic (exact) mass is 270 g/mol. The molecule has 1 amide bonds. The number of carbonyl (C=O) groups excluding carboxylic acids is 1. The van der Waals surface area contributed by atoms with E-state index in [0.29, 0.717) is 12.1 Å². The van der Waals surface area contributed by atoms with Gasteiger partial charge in [0.2, 0.25) is 0 Å². The minimum Gasteiger partial charge on any atom is -0.352 e. The molecule has 0 aliphatic carbocycles. The van der Waals surface area contributed by atoms with Crippen LogP contribution >= 0.6 is 0 Å². The molecule has 1 aromatic heterocycles. The molecule has 5 nitrogen and oxygen atoms in total. The van der Waals surface area contributed by atoms with E-state index in [4.69, 9.17) is 5.84 Å². The Hall–Kier alpha value is -2.40. The number of nitrogens with zero attached hydrogens (tertiary/aromatic N) is 1. The van der Waals surface area contributed by atoms with Crippen LogP contribution in [0.2, 0.25) is 0 Å². The van der Waals surface area contributed by atoms with Gasteiger partial charge >= 0.3 is 0 Å². The number of nitrogen functional groups attached to an aromatic ring is 1. The van der Waals surface area contributed by atoms with Crippen LogP contribution in [-0.4, -0.2) is 17.4 Å². The van der Waals surface area contributed by atoms with Gasteiger partial charge in [-0.2, -0.15) is 0 Å². The first-order valence-corrected chi connectivity index (χ1v) is 6.45. The van der Waals surface area contributed by atoms with Gasteiger partial charge in [-0.15, -0.1) is 0 Å². The van der Waals surface area contributed by atoms with E-state index in [1.54, 1.807) is 24.5 Å². The van der Waals surface area contributed by atoms with E-state index in [9.17, 15) is 4.79 Å². The molecule has 104 valence electrons. The summed E-state index contributed by atoms with van der Waals surface area (Å²) in [6.45, 7) is 2.48. The van der Waals surface area contributed by atoms with Crippen LogP contribution in [0.4, 0.5) is 5.69 Å². The standard InChI is InChI=1S/C15H18N4O/c1-11-10-13(19-16)2-3-14(11)15(20)18-9-6-12-4-7-17-8-5-12/h2-5,7-8,10,19H,6,9,16H2,1H3,(H,18,20). The van der Waals surface area contributed by atoms with Crippen LogP contribution < -0.4 is 16.6 Å². The highest BCUT2D eigenvalue weighted by molar-refractivity contribution is 5.96. The molecule has 4 N–H and O–H groups in total. The Bertz CT molecular complexity index is 584. The lowest BCUT2D eigenvalue weighted by atomic mass is 10.1. The molecular weight excluding hydrogens is 252 g/mol. The number of pyridine rings is 1. The van der Waals surface area contributed by atoms with Crippen LogP contribution in [0, 0.1) is 6.92 Å². The zero-order chi connectivity index (χ0) is 14.4. The summed E-state index contributed by atoms with van der Waals surface area (Å²) in [5, 5.41) is 2.91. The first-order valence-electron chi connectivity index (χ1n) is 6.45. The largest absolute Gasteiger partial charge is 0.352 e. The third-order valence-electron chi connectivity index (χ3n) is 3.09. The maximum absolute atomic E-state index is 12.1. The van der Waals surface area contributed by atoms with Gasteiger partial charge in [0.15, 0.2) is 0 Å². The predicted octanol–water partition coefficient (Wildman–Crippen LogP) is 1.65. The first kappa shape index (κ1) is 14.0. The van der Waals surface area contributed by atoms with Gasteiger partial charge in [0.1, 0.15) is 0 Å². The van der Waals surface area contributed by atoms with Crippen molar-refractivity contribution in [3.63, 3.8) is 0 Å². The van der Waals surface area contributed by atoms with Crippen molar-refractivity contribution in [1.82, 2.24) is 10.3 Å². The average Bonchev–Trinajstić information content (AvgIpc) is 2.48. The Kier molecular flexibility index (Phi) is 4.68. The molecule has 1 aromatic carbocycles. The summed E-state index contributed by atoms with van der Waals surface area (Å²) >= 11 is 0. The van der Waals surface area contributed by atoms with Crippen molar-refractivity contribution in [3.05, 3.63) is 59.4 Å². The number of amides is 1. The molecule has 0 unspecified atom stereocenters. The van der Waals surface area contributed by atoms with Crippen molar-refractivity contribution in [2.24, 2.45) is 5.84 Å². The summed E-state index contributed by atoms with van der Waals surface area (Å²) in [6, 6.07) is 9.28. The number of hydrogen-bond acceptors (Lipinski definition) is 4. The molecule has 0 aliphatic rings. The lowest BCUT2D eigenvalue weighted by molar-refractivity contribution is 0.0953. The van der Waals surface area contributed by atoms with Crippen molar-refractivity contribution in [2.45, 2.75) is 13.3 Å². The Morgan fingerprint density at radius 2 is 2.00 bits per heavy atom. The fourth-order valence-electron chi connectivity index (χ4n) is 1.97. The first-order chi connectivity index (χ1) is 9.70. The number of anilines is 1. The number of nitrogens with two attached hydrogens (primary N) is 1. The van der Waals surface area contributed by atoms with Gasteiger partial charge in [-0.05, 0) is 54.8 Å². The van der Waals surface area contributed by atoms with Crippen molar-refractivity contribution in [2.75, 3.05) is 12.0 Å². The number of hydrogen-bond donors (Lipinski definition) is 3. The molecule has 0 saturated heterocycles. The van der Waals surface area contributed by atoms with Gasteiger partial charge in [0, 0.05) is 30.2 Å². The smallest absolute Gasteiger partial charge is 0.251 e. The van der Waals surface area contributed by atoms with E-state index < -0.39 is 0 Å². The Balaban J connectivity index is 1.92. The molecule has 0 spiro atoms. The van der Waals surface area contributed by atoms with Crippen LogP contribution in [-0.2, 0) is 6.42 Å².